The molecular formula is C14H19NO4. The lowest BCUT2D eigenvalue weighted by Gasteiger charge is -2.26. The van der Waals surface area contributed by atoms with E-state index in [4.69, 9.17) is 9.84 Å². The van der Waals surface area contributed by atoms with Crippen LogP contribution < -0.4 is 0 Å². The summed E-state index contributed by atoms with van der Waals surface area (Å²) in [6.45, 7) is 2.92. The first-order valence-corrected chi connectivity index (χ1v) is 6.12. The number of aliphatic hydroxyl groups is 1. The fraction of sp³-hybridized carbons (Fsp3) is 0.429. The molecule has 0 bridgehead atoms. The third kappa shape index (κ3) is 5.09. The van der Waals surface area contributed by atoms with Gasteiger partial charge in [-0.05, 0) is 19.4 Å². The lowest BCUT2D eigenvalue weighted by Crippen LogP contribution is -2.43. The molecule has 0 heterocycles. The van der Waals surface area contributed by atoms with Gasteiger partial charge in [0, 0.05) is 0 Å². The van der Waals surface area contributed by atoms with Crippen molar-refractivity contribution in [2.24, 2.45) is 0 Å². The summed E-state index contributed by atoms with van der Waals surface area (Å²) < 4.78 is 5.14. The molecule has 0 fully saturated rings. The molecule has 104 valence electrons. The van der Waals surface area contributed by atoms with Gasteiger partial charge in [-0.25, -0.2) is 4.79 Å². The van der Waals surface area contributed by atoms with E-state index in [0.717, 1.165) is 5.56 Å². The Bertz CT molecular complexity index is 419. The second kappa shape index (κ2) is 7.53. The molecule has 0 saturated heterocycles. The third-order valence-electron chi connectivity index (χ3n) is 2.63. The van der Waals surface area contributed by atoms with Gasteiger partial charge in [0.15, 0.2) is 0 Å². The molecule has 0 aliphatic carbocycles. The maximum atomic E-state index is 11.9. The Morgan fingerprint density at radius 3 is 2.47 bits per heavy atom. The highest BCUT2D eigenvalue weighted by Crippen LogP contribution is 2.06. The summed E-state index contributed by atoms with van der Waals surface area (Å²) in [4.78, 5) is 24.2. The van der Waals surface area contributed by atoms with Crippen molar-refractivity contribution < 1.29 is 19.4 Å². The van der Waals surface area contributed by atoms with Crippen molar-refractivity contribution in [1.29, 1.82) is 0 Å². The molecule has 0 aromatic heterocycles. The van der Waals surface area contributed by atoms with E-state index in [9.17, 15) is 9.59 Å². The highest BCUT2D eigenvalue weighted by atomic mass is 16.6. The van der Waals surface area contributed by atoms with Gasteiger partial charge in [0.2, 0.25) is 0 Å². The van der Waals surface area contributed by atoms with Gasteiger partial charge in [-0.2, -0.15) is 0 Å². The minimum absolute atomic E-state index is 0.0602. The maximum Gasteiger partial charge on any atom is 0.410 e. The normalized spacial score (nSPS) is 11.7. The fourth-order valence-electron chi connectivity index (χ4n) is 1.54. The molecule has 1 amide bonds. The largest absolute Gasteiger partial charge is 0.445 e. The van der Waals surface area contributed by atoms with E-state index in [0.29, 0.717) is 0 Å². The minimum Gasteiger partial charge on any atom is -0.445 e. The van der Waals surface area contributed by atoms with Crippen molar-refractivity contribution in [3.63, 3.8) is 0 Å². The van der Waals surface area contributed by atoms with Crippen LogP contribution in [0.25, 0.3) is 0 Å². The van der Waals surface area contributed by atoms with Crippen LogP contribution >= 0.6 is 0 Å². The van der Waals surface area contributed by atoms with Crippen LogP contribution in [0.2, 0.25) is 0 Å². The standard InChI is InChI=1S/C14H19NO4/c1-11(9-16)15(8-12(2)17)14(18)19-10-13-6-4-3-5-7-13/h3-7,11,16H,8-10H2,1-2H3/t11-/m0/s1. The Morgan fingerprint density at radius 2 is 1.95 bits per heavy atom. The van der Waals surface area contributed by atoms with Crippen molar-refractivity contribution in [2.75, 3.05) is 13.2 Å². The second-order valence-corrected chi connectivity index (χ2v) is 4.40. The molecule has 5 nitrogen and oxygen atoms in total. The van der Waals surface area contributed by atoms with E-state index in [1.807, 2.05) is 30.3 Å². The number of hydrogen-bond donors (Lipinski definition) is 1. The Morgan fingerprint density at radius 1 is 1.32 bits per heavy atom. The van der Waals surface area contributed by atoms with E-state index in [2.05, 4.69) is 0 Å². The van der Waals surface area contributed by atoms with Gasteiger partial charge in [0.25, 0.3) is 0 Å². The van der Waals surface area contributed by atoms with Gasteiger partial charge < -0.3 is 9.84 Å². The monoisotopic (exact) mass is 265 g/mol. The van der Waals surface area contributed by atoms with Gasteiger partial charge in [-0.3, -0.25) is 9.69 Å². The zero-order chi connectivity index (χ0) is 14.3. The van der Waals surface area contributed by atoms with Crippen molar-refractivity contribution in [3.05, 3.63) is 35.9 Å². The zero-order valence-electron chi connectivity index (χ0n) is 11.2. The number of benzene rings is 1. The predicted octanol–water partition coefficient (Wildman–Crippen LogP) is 1.59. The molecule has 0 aliphatic rings. The summed E-state index contributed by atoms with van der Waals surface area (Å²) in [5.74, 6) is -0.156. The molecule has 0 aliphatic heterocycles. The van der Waals surface area contributed by atoms with Crippen LogP contribution in [0.1, 0.15) is 19.4 Å². The molecule has 0 saturated carbocycles. The molecule has 1 rings (SSSR count). The van der Waals surface area contributed by atoms with Crippen LogP contribution in [-0.4, -0.2) is 41.1 Å². The Labute approximate surface area is 112 Å². The van der Waals surface area contributed by atoms with Crippen LogP contribution in [0.15, 0.2) is 30.3 Å². The van der Waals surface area contributed by atoms with E-state index in [-0.39, 0.29) is 25.5 Å². The highest BCUT2D eigenvalue weighted by molar-refractivity contribution is 5.82. The first-order chi connectivity index (χ1) is 9.04. The number of ketones is 1. The zero-order valence-corrected chi connectivity index (χ0v) is 11.2. The molecule has 1 aromatic rings. The lowest BCUT2D eigenvalue weighted by molar-refractivity contribution is -0.118. The molecule has 0 unspecified atom stereocenters. The van der Waals surface area contributed by atoms with Crippen LogP contribution in [-0.2, 0) is 16.1 Å². The molecule has 1 atom stereocenters. The smallest absolute Gasteiger partial charge is 0.410 e. The van der Waals surface area contributed by atoms with Gasteiger partial charge in [0.05, 0.1) is 19.2 Å². The Hall–Kier alpha value is -1.88. The van der Waals surface area contributed by atoms with Crippen LogP contribution in [0.4, 0.5) is 4.79 Å². The molecular weight excluding hydrogens is 246 g/mol. The number of aliphatic hydroxyl groups excluding tert-OH is 1. The molecule has 1 aromatic carbocycles. The number of amides is 1. The first kappa shape index (κ1) is 15.2. The molecule has 5 heteroatoms. The quantitative estimate of drug-likeness (QED) is 0.848. The highest BCUT2D eigenvalue weighted by Gasteiger charge is 2.22. The van der Waals surface area contributed by atoms with Crippen molar-refractivity contribution in [2.45, 2.75) is 26.5 Å². The summed E-state index contributed by atoms with van der Waals surface area (Å²) in [7, 11) is 0. The molecule has 0 spiro atoms. The maximum absolute atomic E-state index is 11.9. The second-order valence-electron chi connectivity index (χ2n) is 4.40. The van der Waals surface area contributed by atoms with E-state index in [1.165, 1.54) is 11.8 Å². The van der Waals surface area contributed by atoms with Crippen molar-refractivity contribution in [3.8, 4) is 0 Å². The Balaban J connectivity index is 2.59. The van der Waals surface area contributed by atoms with Crippen LogP contribution in [0.5, 0.6) is 0 Å². The van der Waals surface area contributed by atoms with E-state index >= 15 is 0 Å². The van der Waals surface area contributed by atoms with Gasteiger partial charge in [-0.15, -0.1) is 0 Å². The number of rotatable bonds is 6. The van der Waals surface area contributed by atoms with Gasteiger partial charge >= 0.3 is 6.09 Å². The summed E-state index contributed by atoms with van der Waals surface area (Å²) >= 11 is 0. The summed E-state index contributed by atoms with van der Waals surface area (Å²) in [6, 6.07) is 8.82. The van der Waals surface area contributed by atoms with Crippen LogP contribution in [0, 0.1) is 0 Å². The van der Waals surface area contributed by atoms with E-state index < -0.39 is 12.1 Å². The average Bonchev–Trinajstić information content (AvgIpc) is 2.42. The summed E-state index contributed by atoms with van der Waals surface area (Å²) in [5.41, 5.74) is 0.871. The Kier molecular flexibility index (Phi) is 6.02. The molecule has 19 heavy (non-hydrogen) atoms. The first-order valence-electron chi connectivity index (χ1n) is 6.12. The number of nitrogens with zero attached hydrogens (tertiary/aromatic N) is 1. The minimum atomic E-state index is -0.597. The fourth-order valence-corrected chi connectivity index (χ4v) is 1.54. The molecule has 0 radical (unpaired) electrons. The summed E-state index contributed by atoms with van der Waals surface area (Å²) in [5, 5.41) is 9.09. The predicted molar refractivity (Wildman–Crippen MR) is 70.6 cm³/mol. The topological polar surface area (TPSA) is 66.8 Å². The number of Topliss-reactive ketones (excluding diaryl/α,β-unsaturated/α-hetero) is 1. The van der Waals surface area contributed by atoms with Crippen LogP contribution in [0.3, 0.4) is 0 Å². The molecule has 1 N–H and O–H groups in total. The van der Waals surface area contributed by atoms with Gasteiger partial charge in [0.1, 0.15) is 12.4 Å². The van der Waals surface area contributed by atoms with Crippen molar-refractivity contribution >= 4 is 11.9 Å². The number of ether oxygens (including phenoxy) is 1. The number of carbonyl (C=O) groups excluding carboxylic acids is 2. The average molecular weight is 265 g/mol. The van der Waals surface area contributed by atoms with E-state index in [1.54, 1.807) is 6.92 Å². The third-order valence-corrected chi connectivity index (χ3v) is 2.63. The lowest BCUT2D eigenvalue weighted by atomic mass is 10.2. The SMILES string of the molecule is CC(=O)CN(C(=O)OCc1ccccc1)[C@@H](C)CO. The van der Waals surface area contributed by atoms with Crippen molar-refractivity contribution in [1.82, 2.24) is 4.90 Å². The summed E-state index contributed by atoms with van der Waals surface area (Å²) in [6.07, 6.45) is -0.597. The number of carbonyl (C=O) groups is 2. The van der Waals surface area contributed by atoms with Gasteiger partial charge in [-0.1, -0.05) is 30.3 Å². The number of hydrogen-bond acceptors (Lipinski definition) is 4.